The molecule has 19 heavy (non-hydrogen) atoms. The molecule has 5 nitrogen and oxygen atoms in total. The average Bonchev–Trinajstić information content (AvgIpc) is 2.87. The highest BCUT2D eigenvalue weighted by atomic mass is 16.2. The third-order valence-electron chi connectivity index (χ3n) is 3.93. The lowest BCUT2D eigenvalue weighted by Crippen LogP contribution is -2.49. The monoisotopic (exact) mass is 264 g/mol. The van der Waals surface area contributed by atoms with Crippen LogP contribution in [0.2, 0.25) is 0 Å². The first-order valence-electron chi connectivity index (χ1n) is 7.17. The SMILES string of the molecule is CCN(CC)C(=O)C1CC(c2ccn(C)n2)CCN1. The fourth-order valence-corrected chi connectivity index (χ4v) is 2.78. The minimum Gasteiger partial charge on any atom is -0.342 e. The molecule has 0 aromatic carbocycles. The van der Waals surface area contributed by atoms with Gasteiger partial charge in [-0.3, -0.25) is 9.48 Å². The fraction of sp³-hybridized carbons (Fsp3) is 0.714. The van der Waals surface area contributed by atoms with Gasteiger partial charge in [0.15, 0.2) is 0 Å². The van der Waals surface area contributed by atoms with Crippen molar-refractivity contribution in [3.8, 4) is 0 Å². The van der Waals surface area contributed by atoms with Gasteiger partial charge in [-0.15, -0.1) is 0 Å². The third-order valence-corrected chi connectivity index (χ3v) is 3.93. The van der Waals surface area contributed by atoms with Gasteiger partial charge in [0.25, 0.3) is 0 Å². The molecule has 2 unspecified atom stereocenters. The minimum atomic E-state index is -0.0549. The summed E-state index contributed by atoms with van der Waals surface area (Å²) in [6.07, 6.45) is 3.88. The van der Waals surface area contributed by atoms with Crippen molar-refractivity contribution in [1.82, 2.24) is 20.0 Å². The molecule has 106 valence electrons. The Kier molecular flexibility index (Phi) is 4.58. The number of nitrogens with zero attached hydrogens (tertiary/aromatic N) is 3. The summed E-state index contributed by atoms with van der Waals surface area (Å²) in [5.41, 5.74) is 1.11. The standard InChI is InChI=1S/C14H24N4O/c1-4-18(5-2)14(19)13-10-11(6-8-15-13)12-7-9-17(3)16-12/h7,9,11,13,15H,4-6,8,10H2,1-3H3. The molecule has 5 heteroatoms. The number of nitrogens with one attached hydrogen (secondary N) is 1. The number of hydrogen-bond donors (Lipinski definition) is 1. The van der Waals surface area contributed by atoms with Gasteiger partial charge in [-0.2, -0.15) is 5.10 Å². The quantitative estimate of drug-likeness (QED) is 0.887. The van der Waals surface area contributed by atoms with E-state index in [0.717, 1.165) is 38.2 Å². The van der Waals surface area contributed by atoms with Crippen LogP contribution >= 0.6 is 0 Å². The number of hydrogen-bond acceptors (Lipinski definition) is 3. The molecular formula is C14H24N4O. The number of amides is 1. The van der Waals surface area contributed by atoms with Crippen molar-refractivity contribution in [1.29, 1.82) is 0 Å². The zero-order chi connectivity index (χ0) is 13.8. The van der Waals surface area contributed by atoms with Crippen LogP contribution < -0.4 is 5.32 Å². The van der Waals surface area contributed by atoms with Crippen LogP contribution in [-0.4, -0.2) is 46.3 Å². The Balaban J connectivity index is 2.02. The first-order chi connectivity index (χ1) is 9.15. The topological polar surface area (TPSA) is 50.2 Å². The molecule has 0 bridgehead atoms. The molecule has 0 radical (unpaired) electrons. The number of aryl methyl sites for hydroxylation is 1. The zero-order valence-electron chi connectivity index (χ0n) is 12.1. The lowest BCUT2D eigenvalue weighted by molar-refractivity contribution is -0.133. The van der Waals surface area contributed by atoms with E-state index in [4.69, 9.17) is 0 Å². The summed E-state index contributed by atoms with van der Waals surface area (Å²) in [6, 6.07) is 2.01. The molecule has 2 heterocycles. The second kappa shape index (κ2) is 6.19. The lowest BCUT2D eigenvalue weighted by atomic mass is 9.89. The summed E-state index contributed by atoms with van der Waals surface area (Å²) in [5, 5.41) is 7.83. The van der Waals surface area contributed by atoms with E-state index in [2.05, 4.69) is 16.5 Å². The van der Waals surface area contributed by atoms with Crippen molar-refractivity contribution in [2.24, 2.45) is 7.05 Å². The average molecular weight is 264 g/mol. The van der Waals surface area contributed by atoms with E-state index in [0.29, 0.717) is 5.92 Å². The highest BCUT2D eigenvalue weighted by Crippen LogP contribution is 2.26. The summed E-state index contributed by atoms with van der Waals surface area (Å²) in [6.45, 7) is 6.50. The Morgan fingerprint density at radius 2 is 2.26 bits per heavy atom. The van der Waals surface area contributed by atoms with E-state index in [1.807, 2.05) is 36.7 Å². The van der Waals surface area contributed by atoms with Crippen LogP contribution in [0.25, 0.3) is 0 Å². The maximum atomic E-state index is 12.4. The van der Waals surface area contributed by atoms with Crippen LogP contribution in [0.15, 0.2) is 12.3 Å². The molecule has 1 saturated heterocycles. The first kappa shape index (κ1) is 14.1. The van der Waals surface area contributed by atoms with Crippen LogP contribution in [0.4, 0.5) is 0 Å². The molecule has 2 atom stereocenters. The predicted octanol–water partition coefficient (Wildman–Crippen LogP) is 1.12. The van der Waals surface area contributed by atoms with Crippen LogP contribution in [0, 0.1) is 0 Å². The van der Waals surface area contributed by atoms with Gasteiger partial charge < -0.3 is 10.2 Å². The number of aromatic nitrogens is 2. The lowest BCUT2D eigenvalue weighted by Gasteiger charge is -2.32. The van der Waals surface area contributed by atoms with Gasteiger partial charge in [-0.05, 0) is 39.3 Å². The van der Waals surface area contributed by atoms with Gasteiger partial charge in [0.2, 0.25) is 5.91 Å². The molecule has 1 aliphatic rings. The fourth-order valence-electron chi connectivity index (χ4n) is 2.78. The number of rotatable bonds is 4. The van der Waals surface area contributed by atoms with E-state index >= 15 is 0 Å². The number of carbonyl (C=O) groups is 1. The first-order valence-corrected chi connectivity index (χ1v) is 7.17. The molecule has 1 aliphatic heterocycles. The van der Waals surface area contributed by atoms with Gasteiger partial charge in [0.05, 0.1) is 11.7 Å². The Labute approximate surface area is 115 Å². The van der Waals surface area contributed by atoms with Crippen molar-refractivity contribution in [3.63, 3.8) is 0 Å². The van der Waals surface area contributed by atoms with Gasteiger partial charge in [0.1, 0.15) is 0 Å². The molecule has 0 aliphatic carbocycles. The number of likely N-dealkylation sites (N-methyl/N-ethyl adjacent to an activating group) is 1. The third kappa shape index (κ3) is 3.15. The van der Waals surface area contributed by atoms with Gasteiger partial charge in [0, 0.05) is 32.3 Å². The van der Waals surface area contributed by atoms with Crippen LogP contribution in [0.1, 0.15) is 38.3 Å². The van der Waals surface area contributed by atoms with Crippen molar-refractivity contribution in [2.75, 3.05) is 19.6 Å². The second-order valence-electron chi connectivity index (χ2n) is 5.15. The molecule has 2 rings (SSSR count). The van der Waals surface area contributed by atoms with Gasteiger partial charge in [-0.25, -0.2) is 0 Å². The molecular weight excluding hydrogens is 240 g/mol. The second-order valence-corrected chi connectivity index (χ2v) is 5.15. The molecule has 1 N–H and O–H groups in total. The molecule has 0 spiro atoms. The normalized spacial score (nSPS) is 23.3. The van der Waals surface area contributed by atoms with Crippen LogP contribution in [-0.2, 0) is 11.8 Å². The van der Waals surface area contributed by atoms with E-state index in [9.17, 15) is 4.79 Å². The van der Waals surface area contributed by atoms with Crippen LogP contribution in [0.5, 0.6) is 0 Å². The highest BCUT2D eigenvalue weighted by molar-refractivity contribution is 5.82. The van der Waals surface area contributed by atoms with E-state index in [1.165, 1.54) is 0 Å². The van der Waals surface area contributed by atoms with Crippen molar-refractivity contribution in [2.45, 2.75) is 38.6 Å². The largest absolute Gasteiger partial charge is 0.342 e. The summed E-state index contributed by atoms with van der Waals surface area (Å²) in [4.78, 5) is 14.3. The number of piperidine rings is 1. The smallest absolute Gasteiger partial charge is 0.239 e. The van der Waals surface area contributed by atoms with Crippen molar-refractivity contribution >= 4 is 5.91 Å². The minimum absolute atomic E-state index is 0.0549. The molecule has 1 aromatic heterocycles. The van der Waals surface area contributed by atoms with Crippen LogP contribution in [0.3, 0.4) is 0 Å². The maximum absolute atomic E-state index is 12.4. The van der Waals surface area contributed by atoms with Gasteiger partial charge >= 0.3 is 0 Å². The molecule has 1 aromatic rings. The number of carbonyl (C=O) groups excluding carboxylic acids is 1. The molecule has 1 fully saturated rings. The van der Waals surface area contributed by atoms with Crippen molar-refractivity contribution in [3.05, 3.63) is 18.0 Å². The van der Waals surface area contributed by atoms with Crippen molar-refractivity contribution < 1.29 is 4.79 Å². The molecule has 1 amide bonds. The highest BCUT2D eigenvalue weighted by Gasteiger charge is 2.30. The summed E-state index contributed by atoms with van der Waals surface area (Å²) in [7, 11) is 1.93. The Morgan fingerprint density at radius 1 is 1.53 bits per heavy atom. The van der Waals surface area contributed by atoms with E-state index in [1.54, 1.807) is 0 Å². The van der Waals surface area contributed by atoms with E-state index in [-0.39, 0.29) is 11.9 Å². The Hall–Kier alpha value is -1.36. The van der Waals surface area contributed by atoms with E-state index < -0.39 is 0 Å². The maximum Gasteiger partial charge on any atom is 0.239 e. The predicted molar refractivity (Wildman–Crippen MR) is 74.9 cm³/mol. The zero-order valence-corrected chi connectivity index (χ0v) is 12.1. The summed E-state index contributed by atoms with van der Waals surface area (Å²) >= 11 is 0. The van der Waals surface area contributed by atoms with Gasteiger partial charge in [-0.1, -0.05) is 0 Å². The molecule has 0 saturated carbocycles. The summed E-state index contributed by atoms with van der Waals surface area (Å²) < 4.78 is 1.83. The Bertz CT molecular complexity index is 425. The summed E-state index contributed by atoms with van der Waals surface area (Å²) in [5.74, 6) is 0.623. The Morgan fingerprint density at radius 3 is 2.84 bits per heavy atom.